The number of alkyl carbamates (subject to hydrolysis) is 1. The minimum Gasteiger partial charge on any atom is -0.444 e. The van der Waals surface area contributed by atoms with Crippen molar-refractivity contribution in [2.24, 2.45) is 5.92 Å². The van der Waals surface area contributed by atoms with E-state index in [9.17, 15) is 22.8 Å². The number of nitrogens with zero attached hydrogens (tertiary/aromatic N) is 3. The van der Waals surface area contributed by atoms with Crippen LogP contribution >= 0.6 is 0 Å². The fraction of sp³-hybridized carbons (Fsp3) is 0.481. The zero-order valence-corrected chi connectivity index (χ0v) is 21.8. The van der Waals surface area contributed by atoms with Crippen LogP contribution < -0.4 is 10.6 Å². The Bertz CT molecular complexity index is 1310. The molecule has 0 aliphatic heterocycles. The number of alkyl halides is 3. The lowest BCUT2D eigenvalue weighted by Gasteiger charge is -2.24. The summed E-state index contributed by atoms with van der Waals surface area (Å²) in [5, 5.41) is 5.21. The lowest BCUT2D eigenvalue weighted by Crippen LogP contribution is -2.49. The number of carbonyl (C=O) groups excluding carboxylic acids is 2. The van der Waals surface area contributed by atoms with Gasteiger partial charge in [0.25, 0.3) is 0 Å². The SMILES string of the molecule is CC(C1CC1)n1c(CNC(=O)[C@@H](Cc2ccccc2C(F)(F)F)NC(=O)OC(C)(C)C)nc2cccnc21. The molecule has 11 heteroatoms. The maximum Gasteiger partial charge on any atom is 0.416 e. The van der Waals surface area contributed by atoms with E-state index in [1.165, 1.54) is 18.2 Å². The molecule has 1 aliphatic rings. The summed E-state index contributed by atoms with van der Waals surface area (Å²) in [6.07, 6.45) is -2.01. The first kappa shape index (κ1) is 27.4. The molecule has 2 heterocycles. The van der Waals surface area contributed by atoms with E-state index in [4.69, 9.17) is 4.74 Å². The molecule has 2 aromatic heterocycles. The molecule has 2 atom stereocenters. The van der Waals surface area contributed by atoms with E-state index in [0.717, 1.165) is 18.9 Å². The largest absolute Gasteiger partial charge is 0.444 e. The van der Waals surface area contributed by atoms with E-state index >= 15 is 0 Å². The number of nitrogens with one attached hydrogen (secondary N) is 2. The highest BCUT2D eigenvalue weighted by molar-refractivity contribution is 5.86. The molecule has 2 amide bonds. The van der Waals surface area contributed by atoms with Crippen molar-refractivity contribution >= 4 is 23.2 Å². The Labute approximate surface area is 219 Å². The van der Waals surface area contributed by atoms with Gasteiger partial charge < -0.3 is 19.9 Å². The van der Waals surface area contributed by atoms with Crippen molar-refractivity contribution in [2.75, 3.05) is 0 Å². The van der Waals surface area contributed by atoms with Crippen molar-refractivity contribution in [1.29, 1.82) is 0 Å². The number of rotatable bonds is 8. The number of hydrogen-bond donors (Lipinski definition) is 2. The molecule has 3 aromatic rings. The number of ether oxygens (including phenoxy) is 1. The lowest BCUT2D eigenvalue weighted by atomic mass is 9.99. The molecule has 0 spiro atoms. The third-order valence-corrected chi connectivity index (χ3v) is 6.41. The predicted molar refractivity (Wildman–Crippen MR) is 135 cm³/mol. The van der Waals surface area contributed by atoms with E-state index in [1.807, 2.05) is 10.6 Å². The number of benzene rings is 1. The van der Waals surface area contributed by atoms with Gasteiger partial charge in [-0.25, -0.2) is 14.8 Å². The second-order valence-electron chi connectivity index (χ2n) is 10.6. The fourth-order valence-electron chi connectivity index (χ4n) is 4.46. The van der Waals surface area contributed by atoms with E-state index in [1.54, 1.807) is 33.0 Å². The summed E-state index contributed by atoms with van der Waals surface area (Å²) in [5.74, 6) is 0.418. The number of fused-ring (bicyclic) bond motifs is 1. The van der Waals surface area contributed by atoms with Crippen molar-refractivity contribution in [3.8, 4) is 0 Å². The van der Waals surface area contributed by atoms with Gasteiger partial charge in [0.05, 0.1) is 12.1 Å². The average Bonchev–Trinajstić information content (AvgIpc) is 3.61. The predicted octanol–water partition coefficient (Wildman–Crippen LogP) is 5.17. The third kappa shape index (κ3) is 6.62. The van der Waals surface area contributed by atoms with Gasteiger partial charge in [0.15, 0.2) is 5.65 Å². The molecular weight excluding hydrogens is 499 g/mol. The van der Waals surface area contributed by atoms with E-state index < -0.39 is 35.4 Å². The Morgan fingerprint density at radius 3 is 2.50 bits per heavy atom. The van der Waals surface area contributed by atoms with Gasteiger partial charge in [-0.1, -0.05) is 18.2 Å². The Hall–Kier alpha value is -3.63. The number of aromatic nitrogens is 3. The van der Waals surface area contributed by atoms with Gasteiger partial charge in [0.1, 0.15) is 23.0 Å². The van der Waals surface area contributed by atoms with E-state index in [-0.39, 0.29) is 24.6 Å². The molecule has 204 valence electrons. The number of pyridine rings is 1. The summed E-state index contributed by atoms with van der Waals surface area (Å²) in [5.41, 5.74) is -0.443. The second-order valence-corrected chi connectivity index (χ2v) is 10.6. The number of hydrogen-bond acceptors (Lipinski definition) is 5. The Kier molecular flexibility index (Phi) is 7.66. The summed E-state index contributed by atoms with van der Waals surface area (Å²) in [6, 6.07) is 7.41. The molecule has 2 N–H and O–H groups in total. The minimum atomic E-state index is -4.61. The van der Waals surface area contributed by atoms with Gasteiger partial charge in [0, 0.05) is 18.7 Å². The van der Waals surface area contributed by atoms with Crippen LogP contribution in [0.15, 0.2) is 42.6 Å². The molecule has 1 saturated carbocycles. The van der Waals surface area contributed by atoms with E-state index in [0.29, 0.717) is 22.9 Å². The molecule has 1 unspecified atom stereocenters. The molecule has 4 rings (SSSR count). The van der Waals surface area contributed by atoms with Crippen LogP contribution in [0.3, 0.4) is 0 Å². The average molecular weight is 532 g/mol. The molecule has 1 aliphatic carbocycles. The second kappa shape index (κ2) is 10.6. The smallest absolute Gasteiger partial charge is 0.416 e. The van der Waals surface area contributed by atoms with Crippen LogP contribution in [0.25, 0.3) is 11.2 Å². The van der Waals surface area contributed by atoms with Gasteiger partial charge in [0.2, 0.25) is 5.91 Å². The van der Waals surface area contributed by atoms with Gasteiger partial charge in [-0.05, 0) is 70.2 Å². The van der Waals surface area contributed by atoms with E-state index in [2.05, 4.69) is 27.5 Å². The Morgan fingerprint density at radius 2 is 1.84 bits per heavy atom. The molecular formula is C27H32F3N5O3. The van der Waals surface area contributed by atoms with Crippen LogP contribution in [-0.4, -0.2) is 38.2 Å². The molecule has 8 nitrogen and oxygen atoms in total. The number of carbonyl (C=O) groups is 2. The van der Waals surface area contributed by atoms with Gasteiger partial charge in [-0.3, -0.25) is 4.79 Å². The Morgan fingerprint density at radius 1 is 1.13 bits per heavy atom. The zero-order valence-electron chi connectivity index (χ0n) is 21.8. The van der Waals surface area contributed by atoms with Crippen LogP contribution in [0.1, 0.15) is 63.5 Å². The van der Waals surface area contributed by atoms with Crippen LogP contribution in [0.2, 0.25) is 0 Å². The van der Waals surface area contributed by atoms with Crippen LogP contribution in [0, 0.1) is 5.92 Å². The number of amides is 2. The van der Waals surface area contributed by atoms with Crippen molar-refractivity contribution < 1.29 is 27.5 Å². The third-order valence-electron chi connectivity index (χ3n) is 6.41. The molecule has 0 bridgehead atoms. The maximum absolute atomic E-state index is 13.6. The first-order chi connectivity index (χ1) is 17.8. The highest BCUT2D eigenvalue weighted by atomic mass is 19.4. The van der Waals surface area contributed by atoms with Gasteiger partial charge in [-0.2, -0.15) is 13.2 Å². The normalized spacial score (nSPS) is 15.7. The van der Waals surface area contributed by atoms with Crippen LogP contribution in [-0.2, 0) is 28.7 Å². The maximum atomic E-state index is 13.6. The first-order valence-electron chi connectivity index (χ1n) is 12.6. The summed E-state index contributed by atoms with van der Waals surface area (Å²) in [6.45, 7) is 7.06. The van der Waals surface area contributed by atoms with Crippen molar-refractivity contribution in [3.05, 3.63) is 59.5 Å². The molecule has 1 fully saturated rings. The topological polar surface area (TPSA) is 98.1 Å². The molecule has 0 saturated heterocycles. The summed E-state index contributed by atoms with van der Waals surface area (Å²) < 4.78 is 48.1. The van der Waals surface area contributed by atoms with Crippen LogP contribution in [0.5, 0.6) is 0 Å². The highest BCUT2D eigenvalue weighted by Gasteiger charge is 2.35. The van der Waals surface area contributed by atoms with Crippen LogP contribution in [0.4, 0.5) is 18.0 Å². The van der Waals surface area contributed by atoms with Gasteiger partial charge >= 0.3 is 12.3 Å². The number of halogens is 3. The standard InChI is InChI=1S/C27H32F3N5O3/c1-16(17-11-12-17)35-22(33-20-10-7-13-31-23(20)35)15-32-24(36)21(34-25(37)38-26(2,3)4)14-18-8-5-6-9-19(18)27(28,29)30/h5-10,13,16-17,21H,11-12,14-15H2,1-4H3,(H,32,36)(H,34,37)/t16?,21-/m1/s1. The summed E-state index contributed by atoms with van der Waals surface area (Å²) in [7, 11) is 0. The quantitative estimate of drug-likeness (QED) is 0.418. The highest BCUT2D eigenvalue weighted by Crippen LogP contribution is 2.41. The summed E-state index contributed by atoms with van der Waals surface area (Å²) in [4.78, 5) is 34.9. The Balaban J connectivity index is 1.58. The lowest BCUT2D eigenvalue weighted by molar-refractivity contribution is -0.138. The van der Waals surface area contributed by atoms with Crippen molar-refractivity contribution in [3.63, 3.8) is 0 Å². The summed E-state index contributed by atoms with van der Waals surface area (Å²) >= 11 is 0. The molecule has 38 heavy (non-hydrogen) atoms. The first-order valence-corrected chi connectivity index (χ1v) is 12.6. The van der Waals surface area contributed by atoms with Crippen molar-refractivity contribution in [1.82, 2.24) is 25.2 Å². The zero-order chi connectivity index (χ0) is 27.7. The monoisotopic (exact) mass is 531 g/mol. The molecule has 0 radical (unpaired) electrons. The minimum absolute atomic E-state index is 0.0136. The fourth-order valence-corrected chi connectivity index (χ4v) is 4.46. The molecule has 1 aromatic carbocycles. The van der Waals surface area contributed by atoms with Crippen molar-refractivity contribution in [2.45, 2.75) is 77.4 Å². The van der Waals surface area contributed by atoms with Gasteiger partial charge in [-0.15, -0.1) is 0 Å². The number of imidazole rings is 1.